The highest BCUT2D eigenvalue weighted by molar-refractivity contribution is 6.51. The number of pyridine rings is 1. The van der Waals surface area contributed by atoms with Crippen molar-refractivity contribution >= 4 is 30.9 Å². The second-order valence-corrected chi connectivity index (χ2v) is 10.5. The van der Waals surface area contributed by atoms with Crippen molar-refractivity contribution in [3.63, 3.8) is 0 Å². The standard InChI is InChI=1S/C28H37BN4O7/c1-17(2)14-23(29-39-24(35)15-18(3)33(5)16-25(36)40-29)31-28(38)26(19(4)34)32-27(37)22-13-9-12-21(30-22)20-10-7-6-8-11-20/h6-13,17-19,23,26,34H,14-16H2,1-5H3,(H,31,38)(H,32,37)/t18?,19-,23+,26+/m1/s1. The van der Waals surface area contributed by atoms with E-state index in [1.807, 2.05) is 44.2 Å². The topological polar surface area (TPSA) is 147 Å². The molecule has 1 aliphatic rings. The summed E-state index contributed by atoms with van der Waals surface area (Å²) in [6, 6.07) is 12.7. The van der Waals surface area contributed by atoms with Gasteiger partial charge in [-0.2, -0.15) is 0 Å². The van der Waals surface area contributed by atoms with Crippen molar-refractivity contribution < 1.29 is 33.6 Å². The van der Waals surface area contributed by atoms with Gasteiger partial charge in [-0.25, -0.2) is 4.98 Å². The smallest absolute Gasteiger partial charge is 0.498 e. The number of carbonyl (C=O) groups is 4. The second-order valence-electron chi connectivity index (χ2n) is 10.5. The van der Waals surface area contributed by atoms with Crippen molar-refractivity contribution in [3.8, 4) is 11.3 Å². The molecule has 12 heteroatoms. The maximum atomic E-state index is 13.4. The van der Waals surface area contributed by atoms with Crippen LogP contribution < -0.4 is 10.6 Å². The molecule has 0 spiro atoms. The molecular weight excluding hydrogens is 515 g/mol. The normalized spacial score (nSPS) is 18.9. The van der Waals surface area contributed by atoms with Crippen LogP contribution in [0.2, 0.25) is 0 Å². The molecule has 2 aromatic rings. The molecule has 4 atom stereocenters. The Morgan fingerprint density at radius 1 is 1.05 bits per heavy atom. The highest BCUT2D eigenvalue weighted by Gasteiger charge is 2.42. The van der Waals surface area contributed by atoms with Crippen LogP contribution in [0.5, 0.6) is 0 Å². The second kappa shape index (κ2) is 14.0. The van der Waals surface area contributed by atoms with Gasteiger partial charge >= 0.3 is 13.1 Å². The summed E-state index contributed by atoms with van der Waals surface area (Å²) in [7, 11) is 0.326. The van der Waals surface area contributed by atoms with Gasteiger partial charge in [-0.3, -0.25) is 24.1 Å². The molecule has 1 aromatic heterocycles. The van der Waals surface area contributed by atoms with Crippen LogP contribution in [-0.2, 0) is 23.7 Å². The molecule has 1 unspecified atom stereocenters. The predicted octanol–water partition coefficient (Wildman–Crippen LogP) is 1.60. The number of aromatic nitrogens is 1. The zero-order valence-electron chi connectivity index (χ0n) is 23.5. The monoisotopic (exact) mass is 552 g/mol. The molecule has 0 aliphatic carbocycles. The quantitative estimate of drug-likeness (QED) is 0.395. The summed E-state index contributed by atoms with van der Waals surface area (Å²) in [6.45, 7) is 6.90. The number of nitrogens with one attached hydrogen (secondary N) is 2. The summed E-state index contributed by atoms with van der Waals surface area (Å²) in [5, 5.41) is 15.7. The third-order valence-corrected chi connectivity index (χ3v) is 6.57. The number of aliphatic hydroxyl groups excluding tert-OH is 1. The number of benzene rings is 1. The van der Waals surface area contributed by atoms with Gasteiger partial charge in [0.1, 0.15) is 11.7 Å². The number of nitrogens with zero attached hydrogens (tertiary/aromatic N) is 2. The molecule has 0 bridgehead atoms. The molecule has 3 rings (SSSR count). The van der Waals surface area contributed by atoms with Gasteiger partial charge in [-0.15, -0.1) is 0 Å². The van der Waals surface area contributed by atoms with E-state index in [2.05, 4.69) is 15.6 Å². The Balaban J connectivity index is 1.78. The van der Waals surface area contributed by atoms with Gasteiger partial charge in [-0.05, 0) is 45.4 Å². The molecule has 214 valence electrons. The molecule has 1 saturated heterocycles. The van der Waals surface area contributed by atoms with E-state index in [1.54, 1.807) is 31.0 Å². The summed E-state index contributed by atoms with van der Waals surface area (Å²) >= 11 is 0. The molecule has 11 nitrogen and oxygen atoms in total. The molecule has 0 radical (unpaired) electrons. The van der Waals surface area contributed by atoms with Gasteiger partial charge in [0.05, 0.1) is 30.7 Å². The van der Waals surface area contributed by atoms with Gasteiger partial charge in [0, 0.05) is 11.6 Å². The van der Waals surface area contributed by atoms with Gasteiger partial charge < -0.3 is 25.0 Å². The molecule has 2 amide bonds. The van der Waals surface area contributed by atoms with Gasteiger partial charge in [0.2, 0.25) is 5.91 Å². The highest BCUT2D eigenvalue weighted by Crippen LogP contribution is 2.17. The predicted molar refractivity (Wildman–Crippen MR) is 149 cm³/mol. The Kier molecular flexibility index (Phi) is 10.8. The summed E-state index contributed by atoms with van der Waals surface area (Å²) in [5.41, 5.74) is 1.46. The fraction of sp³-hybridized carbons (Fsp3) is 0.464. The number of carbonyl (C=O) groups excluding carboxylic acids is 4. The van der Waals surface area contributed by atoms with E-state index in [0.717, 1.165) is 5.56 Å². The Morgan fingerprint density at radius 2 is 1.73 bits per heavy atom. The van der Waals surface area contributed by atoms with Crippen molar-refractivity contribution in [2.24, 2.45) is 5.92 Å². The minimum Gasteiger partial charge on any atom is -0.498 e. The lowest BCUT2D eigenvalue weighted by Gasteiger charge is -2.27. The molecule has 0 saturated carbocycles. The zero-order chi connectivity index (χ0) is 29.4. The van der Waals surface area contributed by atoms with E-state index >= 15 is 0 Å². The third kappa shape index (κ3) is 8.62. The summed E-state index contributed by atoms with van der Waals surface area (Å²) in [5.74, 6) is -3.48. The molecule has 3 N–H and O–H groups in total. The average molecular weight is 552 g/mol. The number of aliphatic hydroxyl groups is 1. The summed E-state index contributed by atoms with van der Waals surface area (Å²) < 4.78 is 11.0. The summed E-state index contributed by atoms with van der Waals surface area (Å²) in [6.07, 6.45) is -0.947. The van der Waals surface area contributed by atoms with Crippen LogP contribution in [0, 0.1) is 5.92 Å². The lowest BCUT2D eigenvalue weighted by Crippen LogP contribution is -2.59. The molecule has 1 aromatic carbocycles. The van der Waals surface area contributed by atoms with Crippen LogP contribution in [-0.4, -0.2) is 83.6 Å². The molecule has 1 fully saturated rings. The Labute approximate surface area is 234 Å². The largest absolute Gasteiger partial charge is 0.622 e. The van der Waals surface area contributed by atoms with Crippen LogP contribution in [0.1, 0.15) is 51.0 Å². The van der Waals surface area contributed by atoms with Crippen molar-refractivity contribution in [1.29, 1.82) is 0 Å². The first-order valence-corrected chi connectivity index (χ1v) is 13.4. The van der Waals surface area contributed by atoms with Crippen LogP contribution in [0.4, 0.5) is 0 Å². The number of likely N-dealkylation sites (N-methyl/N-ethyl adjacent to an activating group) is 1. The Hall–Kier alpha value is -3.77. The maximum Gasteiger partial charge on any atom is 0.622 e. The first kappa shape index (κ1) is 30.8. The molecule has 2 heterocycles. The van der Waals surface area contributed by atoms with Gasteiger partial charge in [-0.1, -0.05) is 50.2 Å². The van der Waals surface area contributed by atoms with Crippen LogP contribution in [0.25, 0.3) is 11.3 Å². The third-order valence-electron chi connectivity index (χ3n) is 6.57. The molecule has 1 aliphatic heterocycles. The van der Waals surface area contributed by atoms with E-state index in [0.29, 0.717) is 12.1 Å². The molecular formula is C28H37BN4O7. The van der Waals surface area contributed by atoms with E-state index in [-0.39, 0.29) is 30.6 Å². The Morgan fingerprint density at radius 3 is 2.38 bits per heavy atom. The first-order valence-electron chi connectivity index (χ1n) is 13.4. The van der Waals surface area contributed by atoms with Gasteiger partial charge in [0.25, 0.3) is 11.9 Å². The number of hydrogen-bond acceptors (Lipinski definition) is 9. The number of hydrogen-bond donors (Lipinski definition) is 3. The highest BCUT2D eigenvalue weighted by atomic mass is 16.6. The fourth-order valence-corrected chi connectivity index (χ4v) is 4.26. The summed E-state index contributed by atoms with van der Waals surface area (Å²) in [4.78, 5) is 57.6. The van der Waals surface area contributed by atoms with Crippen molar-refractivity contribution in [1.82, 2.24) is 20.5 Å². The van der Waals surface area contributed by atoms with Crippen molar-refractivity contribution in [2.45, 2.75) is 64.7 Å². The van der Waals surface area contributed by atoms with Crippen molar-refractivity contribution in [2.75, 3.05) is 13.6 Å². The SMILES string of the molecule is CC(C)C[C@H](NC(=O)[C@@H](NC(=O)c1cccc(-c2ccccc2)n1)[C@@H](C)O)B1OC(=O)CC(C)N(C)CC(=O)O1. The van der Waals surface area contributed by atoms with Gasteiger partial charge in [0.15, 0.2) is 0 Å². The number of rotatable bonds is 9. The van der Waals surface area contributed by atoms with E-state index < -0.39 is 49.0 Å². The molecule has 40 heavy (non-hydrogen) atoms. The average Bonchev–Trinajstić information content (AvgIpc) is 2.94. The zero-order valence-corrected chi connectivity index (χ0v) is 23.5. The lowest BCUT2D eigenvalue weighted by molar-refractivity contribution is -0.140. The van der Waals surface area contributed by atoms with E-state index in [1.165, 1.54) is 13.0 Å². The fourth-order valence-electron chi connectivity index (χ4n) is 4.26. The Bertz CT molecular complexity index is 1170. The van der Waals surface area contributed by atoms with E-state index in [4.69, 9.17) is 9.31 Å². The van der Waals surface area contributed by atoms with E-state index in [9.17, 15) is 24.3 Å². The minimum absolute atomic E-state index is 0.0152. The van der Waals surface area contributed by atoms with Crippen LogP contribution in [0.15, 0.2) is 48.5 Å². The lowest BCUT2D eigenvalue weighted by atomic mass is 9.73. The minimum atomic E-state index is -1.38. The van der Waals surface area contributed by atoms with Crippen LogP contribution in [0.3, 0.4) is 0 Å². The number of amides is 2. The van der Waals surface area contributed by atoms with Crippen LogP contribution >= 0.6 is 0 Å². The first-order chi connectivity index (χ1) is 18.9. The maximum absolute atomic E-state index is 13.4. The van der Waals surface area contributed by atoms with Crippen molar-refractivity contribution in [3.05, 3.63) is 54.2 Å².